The molecule has 2 N–H and O–H groups in total. The Hall–Kier alpha value is -3.83. The molecule has 0 radical (unpaired) electrons. The van der Waals surface area contributed by atoms with Crippen LogP contribution in [0.25, 0.3) is 0 Å². The summed E-state index contributed by atoms with van der Waals surface area (Å²) in [5.41, 5.74) is -1.05. The van der Waals surface area contributed by atoms with E-state index in [9.17, 15) is 25.7 Å². The molecule has 0 saturated heterocycles. The number of phenols is 1. The summed E-state index contributed by atoms with van der Waals surface area (Å²) >= 11 is 0. The molecular formula is C21H19N5O3. The highest BCUT2D eigenvalue weighted by atomic mass is 16.6. The first-order valence-electron chi connectivity index (χ1n) is 9.15. The van der Waals surface area contributed by atoms with Crippen molar-refractivity contribution >= 4 is 11.8 Å². The van der Waals surface area contributed by atoms with Gasteiger partial charge in [0, 0.05) is 24.9 Å². The monoisotopic (exact) mass is 389 g/mol. The van der Waals surface area contributed by atoms with Crippen LogP contribution in [0, 0.1) is 56.7 Å². The van der Waals surface area contributed by atoms with Gasteiger partial charge in [-0.25, -0.2) is 4.79 Å². The maximum Gasteiger partial charge on any atom is 0.410 e. The van der Waals surface area contributed by atoms with Crippen molar-refractivity contribution in [3.63, 3.8) is 0 Å². The molecule has 0 bridgehead atoms. The van der Waals surface area contributed by atoms with Crippen molar-refractivity contribution in [1.29, 1.82) is 21.2 Å². The van der Waals surface area contributed by atoms with Crippen LogP contribution in [0.5, 0.6) is 5.75 Å². The fraction of sp³-hybridized carbons (Fsp3) is 0.381. The Kier molecular flexibility index (Phi) is 5.26. The average Bonchev–Trinajstić information content (AvgIpc) is 2.73. The molecule has 3 rings (SSSR count). The smallest absolute Gasteiger partial charge is 0.410 e. The quantitative estimate of drug-likeness (QED) is 0.744. The van der Waals surface area contributed by atoms with Gasteiger partial charge in [0.05, 0.1) is 30.5 Å². The van der Waals surface area contributed by atoms with Gasteiger partial charge in [-0.05, 0) is 30.2 Å². The van der Waals surface area contributed by atoms with Gasteiger partial charge in [-0.15, -0.1) is 0 Å². The van der Waals surface area contributed by atoms with Crippen molar-refractivity contribution in [3.8, 4) is 24.0 Å². The first-order valence-corrected chi connectivity index (χ1v) is 9.15. The van der Waals surface area contributed by atoms with E-state index in [2.05, 4.69) is 0 Å². The van der Waals surface area contributed by atoms with Crippen molar-refractivity contribution in [2.24, 2.45) is 17.3 Å². The molecule has 1 amide bonds. The van der Waals surface area contributed by atoms with Crippen LogP contribution in [0.1, 0.15) is 18.4 Å². The summed E-state index contributed by atoms with van der Waals surface area (Å²) in [6, 6.07) is 12.2. The van der Waals surface area contributed by atoms with E-state index in [1.165, 1.54) is 17.0 Å². The molecule has 1 saturated carbocycles. The number of fused-ring (bicyclic) bond motifs is 1. The summed E-state index contributed by atoms with van der Waals surface area (Å²) in [6.07, 6.45) is 1.19. The lowest BCUT2D eigenvalue weighted by molar-refractivity contribution is 0.0992. The highest BCUT2D eigenvalue weighted by Crippen LogP contribution is 2.53. The third-order valence-corrected chi connectivity index (χ3v) is 5.55. The minimum atomic E-state index is -1.89. The summed E-state index contributed by atoms with van der Waals surface area (Å²) in [5.74, 6) is -2.43. The number of phenolic OH excluding ortho intramolecular Hbond substituents is 1. The van der Waals surface area contributed by atoms with Crippen LogP contribution in [0.4, 0.5) is 4.79 Å². The molecule has 146 valence electrons. The number of nitrogens with one attached hydrogen (secondary N) is 1. The van der Waals surface area contributed by atoms with E-state index >= 15 is 0 Å². The van der Waals surface area contributed by atoms with Gasteiger partial charge < -0.3 is 20.2 Å². The van der Waals surface area contributed by atoms with Crippen LogP contribution in [0.15, 0.2) is 35.9 Å². The molecule has 0 spiro atoms. The molecule has 0 aromatic heterocycles. The number of carbonyl (C=O) groups excluding carboxylic acids is 1. The van der Waals surface area contributed by atoms with Gasteiger partial charge in [-0.1, -0.05) is 18.2 Å². The minimum Gasteiger partial charge on any atom is -0.508 e. The largest absolute Gasteiger partial charge is 0.508 e. The molecule has 3 atom stereocenters. The molecule has 1 aromatic carbocycles. The number of nitriles is 3. The van der Waals surface area contributed by atoms with E-state index in [4.69, 9.17) is 10.1 Å². The number of amides is 1. The topological polar surface area (TPSA) is 145 Å². The normalized spacial score (nSPS) is 24.9. The Morgan fingerprint density at radius 1 is 1.38 bits per heavy atom. The maximum atomic E-state index is 12.3. The second-order valence-corrected chi connectivity index (χ2v) is 6.99. The number of benzene rings is 1. The summed E-state index contributed by atoms with van der Waals surface area (Å²) < 4.78 is 5.08. The zero-order valence-electron chi connectivity index (χ0n) is 15.8. The predicted molar refractivity (Wildman–Crippen MR) is 102 cm³/mol. The van der Waals surface area contributed by atoms with Gasteiger partial charge in [0.2, 0.25) is 0 Å². The van der Waals surface area contributed by atoms with Crippen LogP contribution in [-0.2, 0) is 4.74 Å². The van der Waals surface area contributed by atoms with Gasteiger partial charge in [0.1, 0.15) is 11.7 Å². The zero-order chi connectivity index (χ0) is 21.2. The molecule has 1 aliphatic heterocycles. The van der Waals surface area contributed by atoms with Gasteiger partial charge in [0.15, 0.2) is 5.41 Å². The number of hydrogen-bond acceptors (Lipinski definition) is 7. The third kappa shape index (κ3) is 3.07. The number of rotatable bonds is 2. The molecule has 1 aliphatic carbocycles. The Balaban J connectivity index is 2.20. The molecule has 1 aromatic rings. The number of carbonyl (C=O) groups is 1. The van der Waals surface area contributed by atoms with E-state index in [1.54, 1.807) is 25.1 Å². The van der Waals surface area contributed by atoms with E-state index < -0.39 is 29.3 Å². The van der Waals surface area contributed by atoms with Gasteiger partial charge in [-0.3, -0.25) is 0 Å². The van der Waals surface area contributed by atoms with Gasteiger partial charge in [-0.2, -0.15) is 15.8 Å². The fourth-order valence-electron chi connectivity index (χ4n) is 4.27. The van der Waals surface area contributed by atoms with Crippen molar-refractivity contribution in [2.75, 3.05) is 19.7 Å². The maximum absolute atomic E-state index is 12.3. The SMILES string of the molecule is CCOC(=O)N1CC=C2C(C#N)C(=N)C(C#N)(C#N)[C@@H](c3cccc(O)c3)[C@H]2C1. The highest BCUT2D eigenvalue weighted by Gasteiger charge is 2.58. The lowest BCUT2D eigenvalue weighted by atomic mass is 9.54. The Morgan fingerprint density at radius 2 is 2.10 bits per heavy atom. The molecule has 1 unspecified atom stereocenters. The van der Waals surface area contributed by atoms with Crippen molar-refractivity contribution in [2.45, 2.75) is 12.8 Å². The highest BCUT2D eigenvalue weighted by molar-refractivity contribution is 6.01. The molecule has 2 aliphatic rings. The van der Waals surface area contributed by atoms with Crippen LogP contribution in [0.3, 0.4) is 0 Å². The number of ether oxygens (including phenoxy) is 1. The molecule has 1 heterocycles. The standard InChI is InChI=1S/C21H19N5O3/c1-2-29-20(28)26-7-6-15-16(9-22)19(25)21(11-23,12-24)18(17(15)10-26)13-4-3-5-14(27)8-13/h3-6,8,16-18,25,27H,2,7,10H2,1H3/t16?,17-,18-/m0/s1. The average molecular weight is 389 g/mol. The number of aromatic hydroxyl groups is 1. The second kappa shape index (κ2) is 7.66. The van der Waals surface area contributed by atoms with Crippen LogP contribution in [-0.4, -0.2) is 41.5 Å². The number of nitrogens with zero attached hydrogens (tertiary/aromatic N) is 4. The fourth-order valence-corrected chi connectivity index (χ4v) is 4.27. The van der Waals surface area contributed by atoms with E-state index in [-0.39, 0.29) is 31.2 Å². The Labute approximate surface area is 168 Å². The molecule has 1 fully saturated rings. The summed E-state index contributed by atoms with van der Waals surface area (Å²) in [4.78, 5) is 13.7. The van der Waals surface area contributed by atoms with Crippen LogP contribution in [0.2, 0.25) is 0 Å². The minimum absolute atomic E-state index is 0.0372. The third-order valence-electron chi connectivity index (χ3n) is 5.55. The molecule has 8 nitrogen and oxygen atoms in total. The first-order chi connectivity index (χ1) is 13.9. The van der Waals surface area contributed by atoms with E-state index in [0.29, 0.717) is 11.1 Å². The molecule has 8 heteroatoms. The second-order valence-electron chi connectivity index (χ2n) is 6.99. The lowest BCUT2D eigenvalue weighted by Crippen LogP contribution is -2.53. The molecule has 29 heavy (non-hydrogen) atoms. The summed E-state index contributed by atoms with van der Waals surface area (Å²) in [6.45, 7) is 2.26. The van der Waals surface area contributed by atoms with Crippen LogP contribution >= 0.6 is 0 Å². The van der Waals surface area contributed by atoms with Crippen LogP contribution < -0.4 is 0 Å². The van der Waals surface area contributed by atoms with Crippen molar-refractivity contribution in [3.05, 3.63) is 41.5 Å². The Morgan fingerprint density at radius 3 is 2.69 bits per heavy atom. The number of hydrogen-bond donors (Lipinski definition) is 2. The lowest BCUT2D eigenvalue weighted by Gasteiger charge is -2.47. The zero-order valence-corrected chi connectivity index (χ0v) is 15.8. The van der Waals surface area contributed by atoms with E-state index in [1.807, 2.05) is 18.2 Å². The van der Waals surface area contributed by atoms with E-state index in [0.717, 1.165) is 0 Å². The molecular weight excluding hydrogens is 370 g/mol. The summed E-state index contributed by atoms with van der Waals surface area (Å²) in [5, 5.41) is 48.1. The first kappa shape index (κ1) is 19.9. The summed E-state index contributed by atoms with van der Waals surface area (Å²) in [7, 11) is 0. The van der Waals surface area contributed by atoms with Gasteiger partial charge in [0.25, 0.3) is 0 Å². The van der Waals surface area contributed by atoms with Crippen molar-refractivity contribution in [1.82, 2.24) is 4.90 Å². The van der Waals surface area contributed by atoms with Crippen molar-refractivity contribution < 1.29 is 14.6 Å². The van der Waals surface area contributed by atoms with Gasteiger partial charge >= 0.3 is 6.09 Å². The predicted octanol–water partition coefficient (Wildman–Crippen LogP) is 2.70. The Bertz CT molecular complexity index is 996.